The fourth-order valence-electron chi connectivity index (χ4n) is 0.123. The summed E-state index contributed by atoms with van der Waals surface area (Å²) in [5, 5.41) is 2.77. The van der Waals surface area contributed by atoms with Gasteiger partial charge in [0.25, 0.3) is 0 Å². The van der Waals surface area contributed by atoms with E-state index in [-0.39, 0.29) is 5.91 Å². The molecule has 0 saturated heterocycles. The molecule has 0 bridgehead atoms. The molecule has 0 aliphatic carbocycles. The fraction of sp³-hybridized carbons (Fsp3) is 0.800. The molecule has 0 fully saturated rings. The minimum Gasteiger partial charge on any atom is -0.368 e. The van der Waals surface area contributed by atoms with Gasteiger partial charge in [-0.05, 0) is 20.9 Å². The van der Waals surface area contributed by atoms with E-state index in [1.54, 1.807) is 20.9 Å². The molecule has 0 aromatic heterocycles. The van der Waals surface area contributed by atoms with Crippen molar-refractivity contribution < 1.29 is 24.0 Å². The van der Waals surface area contributed by atoms with Crippen molar-refractivity contribution in [1.82, 2.24) is 5.32 Å². The Labute approximate surface area is 76.2 Å². The highest BCUT2D eigenvalue weighted by atomic mass is 31.2. The van der Waals surface area contributed by atoms with E-state index in [1.165, 1.54) is 0 Å². The van der Waals surface area contributed by atoms with Gasteiger partial charge in [-0.1, -0.05) is 0 Å². The van der Waals surface area contributed by atoms with E-state index < -0.39 is 13.4 Å². The van der Waals surface area contributed by atoms with Crippen LogP contribution in [-0.4, -0.2) is 33.2 Å². The first kappa shape index (κ1) is 15.0. The Morgan fingerprint density at radius 2 is 1.62 bits per heavy atom. The Hall–Kier alpha value is -0.460. The van der Waals surface area contributed by atoms with Gasteiger partial charge in [0.2, 0.25) is 5.91 Å². The van der Waals surface area contributed by atoms with Crippen molar-refractivity contribution in [3.05, 3.63) is 0 Å². The summed E-state index contributed by atoms with van der Waals surface area (Å²) in [6.45, 7) is 3.46. The first-order valence-electron chi connectivity index (χ1n) is 3.28. The van der Waals surface area contributed by atoms with Crippen LogP contribution in [0.25, 0.3) is 0 Å². The summed E-state index contributed by atoms with van der Waals surface area (Å²) in [6, 6.07) is 0. The van der Waals surface area contributed by atoms with Crippen LogP contribution in [0.1, 0.15) is 13.8 Å². The van der Waals surface area contributed by atoms with Crippen LogP contribution in [0.4, 0.5) is 0 Å². The van der Waals surface area contributed by atoms with Crippen molar-refractivity contribution in [2.75, 3.05) is 7.05 Å². The third-order valence-corrected chi connectivity index (χ3v) is 1.24. The summed E-state index contributed by atoms with van der Waals surface area (Å²) in [5.74, 6) is -0.333. The lowest BCUT2D eigenvalue weighted by Crippen LogP contribution is -2.48. The summed E-state index contributed by atoms with van der Waals surface area (Å²) < 4.78 is 8.88. The van der Waals surface area contributed by atoms with Crippen LogP contribution in [0.2, 0.25) is 0 Å². The maximum Gasteiger partial charge on any atom is 0.466 e. The van der Waals surface area contributed by atoms with Crippen molar-refractivity contribution in [2.24, 2.45) is 5.73 Å². The summed E-state index contributed by atoms with van der Waals surface area (Å²) in [6.07, 6.45) is 0. The lowest BCUT2D eigenvalue weighted by Gasteiger charge is -2.18. The number of nitrogens with two attached hydrogens (primary N) is 1. The summed E-state index contributed by atoms with van der Waals surface area (Å²) >= 11 is 0. The number of hydrogen-bond donors (Lipinski definition) is 5. The van der Waals surface area contributed by atoms with Gasteiger partial charge in [0.15, 0.2) is 0 Å². The normalized spacial score (nSPS) is 11.5. The summed E-state index contributed by atoms with van der Waals surface area (Å²) in [4.78, 5) is 32.0. The van der Waals surface area contributed by atoms with E-state index in [1.807, 2.05) is 0 Å². The van der Waals surface area contributed by atoms with Crippen LogP contribution in [-0.2, 0) is 9.36 Å². The molecule has 13 heavy (non-hydrogen) atoms. The van der Waals surface area contributed by atoms with E-state index in [0.29, 0.717) is 0 Å². The smallest absolute Gasteiger partial charge is 0.368 e. The van der Waals surface area contributed by atoms with E-state index in [2.05, 4.69) is 5.32 Å². The number of hydrogen-bond acceptors (Lipinski definition) is 3. The second-order valence-corrected chi connectivity index (χ2v) is 3.78. The zero-order chi connectivity index (χ0) is 11.3. The van der Waals surface area contributed by atoms with Crippen molar-refractivity contribution in [3.63, 3.8) is 0 Å². The molecule has 0 radical (unpaired) electrons. The number of amides is 1. The van der Waals surface area contributed by atoms with Crippen molar-refractivity contribution in [3.8, 4) is 0 Å². The number of carbonyl (C=O) groups excluding carboxylic acids is 1. The molecule has 0 aliphatic rings. The largest absolute Gasteiger partial charge is 0.466 e. The molecule has 0 aromatic carbocycles. The topological polar surface area (TPSA) is 133 Å². The molecule has 0 aromatic rings. The van der Waals surface area contributed by atoms with Gasteiger partial charge in [-0.3, -0.25) is 4.79 Å². The molecular weight excluding hydrogens is 199 g/mol. The molecular formula is C5H15N2O5P. The van der Waals surface area contributed by atoms with Crippen molar-refractivity contribution in [2.45, 2.75) is 19.4 Å². The van der Waals surface area contributed by atoms with Gasteiger partial charge < -0.3 is 25.7 Å². The second-order valence-electron chi connectivity index (χ2n) is 2.75. The molecule has 80 valence electrons. The number of phosphoric acid groups is 1. The zero-order valence-corrected chi connectivity index (χ0v) is 8.58. The van der Waals surface area contributed by atoms with Gasteiger partial charge in [0.05, 0.1) is 5.54 Å². The molecule has 7 nitrogen and oxygen atoms in total. The Balaban J connectivity index is 0. The molecule has 0 heterocycles. The summed E-state index contributed by atoms with van der Waals surface area (Å²) in [7, 11) is -2.94. The standard InChI is InChI=1S/C5H12N2O.H3O4P/c1-5(2,7-3)4(6)8;1-5(2,3)4/h7H,1-3H3,(H2,6,8);(H3,1,2,3,4). The van der Waals surface area contributed by atoms with Gasteiger partial charge in [-0.25, -0.2) is 4.57 Å². The predicted molar refractivity (Wildman–Crippen MR) is 46.6 cm³/mol. The maximum absolute atomic E-state index is 10.4. The van der Waals surface area contributed by atoms with E-state index >= 15 is 0 Å². The monoisotopic (exact) mass is 214 g/mol. The number of rotatable bonds is 2. The van der Waals surface area contributed by atoms with Crippen LogP contribution in [0.3, 0.4) is 0 Å². The van der Waals surface area contributed by atoms with Crippen LogP contribution in [0, 0.1) is 0 Å². The van der Waals surface area contributed by atoms with Gasteiger partial charge >= 0.3 is 7.82 Å². The number of nitrogens with one attached hydrogen (secondary N) is 1. The minimum atomic E-state index is -4.64. The van der Waals surface area contributed by atoms with Gasteiger partial charge in [-0.2, -0.15) is 0 Å². The van der Waals surface area contributed by atoms with Crippen LogP contribution >= 0.6 is 7.82 Å². The van der Waals surface area contributed by atoms with E-state index in [4.69, 9.17) is 25.0 Å². The first-order valence-corrected chi connectivity index (χ1v) is 4.84. The average molecular weight is 214 g/mol. The zero-order valence-electron chi connectivity index (χ0n) is 7.68. The lowest BCUT2D eigenvalue weighted by molar-refractivity contribution is -0.122. The Morgan fingerprint density at radius 1 is 1.38 bits per heavy atom. The molecule has 0 spiro atoms. The molecule has 0 atom stereocenters. The maximum atomic E-state index is 10.4. The molecule has 8 heteroatoms. The third-order valence-electron chi connectivity index (χ3n) is 1.24. The van der Waals surface area contributed by atoms with Crippen LogP contribution < -0.4 is 11.1 Å². The lowest BCUT2D eigenvalue weighted by atomic mass is 10.1. The van der Waals surface area contributed by atoms with Crippen molar-refractivity contribution in [1.29, 1.82) is 0 Å². The molecule has 0 saturated carbocycles. The number of carbonyl (C=O) groups is 1. The third kappa shape index (κ3) is 14.4. The fourth-order valence-corrected chi connectivity index (χ4v) is 0.123. The highest BCUT2D eigenvalue weighted by Gasteiger charge is 2.20. The molecule has 0 unspecified atom stereocenters. The average Bonchev–Trinajstić information content (AvgIpc) is 1.83. The number of primary amides is 1. The highest BCUT2D eigenvalue weighted by Crippen LogP contribution is 2.25. The molecule has 0 rings (SSSR count). The second kappa shape index (κ2) is 5.31. The molecule has 0 aliphatic heterocycles. The van der Waals surface area contributed by atoms with Gasteiger partial charge in [0, 0.05) is 0 Å². The van der Waals surface area contributed by atoms with Crippen LogP contribution in [0.15, 0.2) is 0 Å². The Morgan fingerprint density at radius 3 is 1.62 bits per heavy atom. The van der Waals surface area contributed by atoms with Crippen molar-refractivity contribution >= 4 is 13.7 Å². The highest BCUT2D eigenvalue weighted by molar-refractivity contribution is 7.45. The minimum absolute atomic E-state index is 0.333. The SMILES string of the molecule is CNC(C)(C)C(N)=O.O=P(O)(O)O. The van der Waals surface area contributed by atoms with Gasteiger partial charge in [0.1, 0.15) is 0 Å². The predicted octanol–water partition coefficient (Wildman–Crippen LogP) is -1.46. The molecule has 6 N–H and O–H groups in total. The first-order chi connectivity index (χ1) is 5.50. The quantitative estimate of drug-likeness (QED) is 0.357. The van der Waals surface area contributed by atoms with E-state index in [0.717, 1.165) is 0 Å². The summed E-state index contributed by atoms with van der Waals surface area (Å²) in [5.41, 5.74) is 4.41. The molecule has 1 amide bonds. The van der Waals surface area contributed by atoms with E-state index in [9.17, 15) is 4.79 Å². The van der Waals surface area contributed by atoms with Crippen LogP contribution in [0.5, 0.6) is 0 Å². The Kier molecular flexibility index (Phi) is 6.14. The van der Waals surface area contributed by atoms with Gasteiger partial charge in [-0.15, -0.1) is 0 Å². The number of likely N-dealkylation sites (N-methyl/N-ethyl adjacent to an activating group) is 1. The Bertz CT molecular complexity index is 203.